The van der Waals surface area contributed by atoms with Crippen LogP contribution in [0.5, 0.6) is 0 Å². The Hall–Kier alpha value is -2.75. The minimum absolute atomic E-state index is 0.422. The molecule has 0 unspecified atom stereocenters. The van der Waals surface area contributed by atoms with Crippen LogP contribution < -0.4 is 5.48 Å². The van der Waals surface area contributed by atoms with Gasteiger partial charge in [0, 0.05) is 30.0 Å². The molecule has 2 aliphatic rings. The lowest BCUT2D eigenvalue weighted by molar-refractivity contribution is -0.142. The highest BCUT2D eigenvalue weighted by atomic mass is 16.7. The van der Waals surface area contributed by atoms with Gasteiger partial charge in [-0.1, -0.05) is 36.4 Å². The first-order valence-corrected chi connectivity index (χ1v) is 8.85. The monoisotopic (exact) mass is 335 g/mol. The summed E-state index contributed by atoms with van der Waals surface area (Å²) in [5, 5.41) is 0. The van der Waals surface area contributed by atoms with E-state index in [1.54, 1.807) is 6.08 Å². The molecule has 4 rings (SSSR count). The smallest absolute Gasteiger partial charge is 0.355 e. The summed E-state index contributed by atoms with van der Waals surface area (Å²) in [5.74, 6) is 1.71. The molecule has 128 valence electrons. The van der Waals surface area contributed by atoms with Gasteiger partial charge in [0.05, 0.1) is 5.70 Å². The Labute approximate surface area is 147 Å². The molecular weight excluding hydrogens is 314 g/mol. The number of nitrogens with one attached hydrogen (secondary N) is 1. The maximum absolute atomic E-state index is 12.0. The second-order valence-corrected chi connectivity index (χ2v) is 6.43. The molecule has 0 radical (unpaired) electrons. The van der Waals surface area contributed by atoms with Crippen molar-refractivity contribution < 1.29 is 14.0 Å². The van der Waals surface area contributed by atoms with Crippen LogP contribution in [0, 0.1) is 0 Å². The molecule has 4 nitrogen and oxygen atoms in total. The van der Waals surface area contributed by atoms with E-state index < -0.39 is 5.97 Å². The largest absolute Gasteiger partial charge is 0.465 e. The minimum atomic E-state index is -0.422. The molecule has 1 aromatic heterocycles. The quantitative estimate of drug-likeness (QED) is 0.672. The topological polar surface area (TPSA) is 51.5 Å². The molecular formula is C21H21NO3. The highest BCUT2D eigenvalue weighted by molar-refractivity contribution is 5.87. The molecule has 0 amide bonds. The second kappa shape index (κ2) is 7.01. The summed E-state index contributed by atoms with van der Waals surface area (Å²) in [7, 11) is 0. The van der Waals surface area contributed by atoms with E-state index in [-0.39, 0.29) is 0 Å². The molecule has 0 fully saturated rings. The summed E-state index contributed by atoms with van der Waals surface area (Å²) in [6.07, 6.45) is 11.5. The zero-order valence-electron chi connectivity index (χ0n) is 14.1. The van der Waals surface area contributed by atoms with Gasteiger partial charge in [-0.2, -0.15) is 0 Å². The van der Waals surface area contributed by atoms with Gasteiger partial charge in [0.15, 0.2) is 0 Å². The van der Waals surface area contributed by atoms with E-state index >= 15 is 0 Å². The van der Waals surface area contributed by atoms with Crippen LogP contribution in [0.15, 0.2) is 46.9 Å². The molecule has 0 atom stereocenters. The van der Waals surface area contributed by atoms with Gasteiger partial charge in [0.25, 0.3) is 0 Å². The highest BCUT2D eigenvalue weighted by Crippen LogP contribution is 2.36. The summed E-state index contributed by atoms with van der Waals surface area (Å²) in [4.78, 5) is 17.2. The fourth-order valence-electron chi connectivity index (χ4n) is 3.52. The molecule has 1 heterocycles. The predicted octanol–water partition coefficient (Wildman–Crippen LogP) is 4.21. The Morgan fingerprint density at radius 2 is 1.92 bits per heavy atom. The number of carbonyl (C=O) groups excluding carboxylic acids is 1. The molecule has 0 spiro atoms. The number of carbonyl (C=O) groups is 1. The number of aryl methyl sites for hydroxylation is 2. The summed E-state index contributed by atoms with van der Waals surface area (Å²) in [6.45, 7) is 0. The summed E-state index contributed by atoms with van der Waals surface area (Å²) in [6, 6.07) is 9.67. The number of hydroxylamine groups is 1. The van der Waals surface area contributed by atoms with E-state index in [1.807, 2.05) is 30.3 Å². The summed E-state index contributed by atoms with van der Waals surface area (Å²) in [5.41, 5.74) is 7.07. The van der Waals surface area contributed by atoms with E-state index in [2.05, 4.69) is 11.6 Å². The van der Waals surface area contributed by atoms with Crippen molar-refractivity contribution in [2.24, 2.45) is 0 Å². The Balaban J connectivity index is 1.44. The van der Waals surface area contributed by atoms with Crippen molar-refractivity contribution >= 4 is 17.7 Å². The van der Waals surface area contributed by atoms with Gasteiger partial charge in [-0.25, -0.2) is 10.3 Å². The lowest BCUT2D eigenvalue weighted by Crippen LogP contribution is -2.20. The average molecular weight is 335 g/mol. The maximum atomic E-state index is 12.0. The zero-order chi connectivity index (χ0) is 17.1. The van der Waals surface area contributed by atoms with Crippen LogP contribution in [0.1, 0.15) is 47.5 Å². The Kier molecular flexibility index (Phi) is 4.42. The van der Waals surface area contributed by atoms with Gasteiger partial charge in [0.2, 0.25) is 0 Å². The van der Waals surface area contributed by atoms with Crippen LogP contribution in [-0.2, 0) is 28.9 Å². The molecule has 4 heteroatoms. The number of allylic oxidation sites excluding steroid dienone is 1. The second-order valence-electron chi connectivity index (χ2n) is 6.43. The molecule has 2 aromatic rings. The van der Waals surface area contributed by atoms with Crippen LogP contribution in [0.3, 0.4) is 0 Å². The summed E-state index contributed by atoms with van der Waals surface area (Å²) >= 11 is 0. The van der Waals surface area contributed by atoms with E-state index in [0.29, 0.717) is 0 Å². The number of hydrogen-bond acceptors (Lipinski definition) is 4. The molecule has 1 aromatic carbocycles. The van der Waals surface area contributed by atoms with Crippen LogP contribution in [0.4, 0.5) is 0 Å². The van der Waals surface area contributed by atoms with Gasteiger partial charge in [0.1, 0.15) is 11.5 Å². The summed E-state index contributed by atoms with van der Waals surface area (Å²) < 4.78 is 6.04. The lowest BCUT2D eigenvalue weighted by Gasteiger charge is -2.16. The first-order valence-electron chi connectivity index (χ1n) is 8.85. The zero-order valence-corrected chi connectivity index (χ0v) is 14.1. The predicted molar refractivity (Wildman–Crippen MR) is 96.4 cm³/mol. The first kappa shape index (κ1) is 15.8. The van der Waals surface area contributed by atoms with Crippen LogP contribution >= 0.6 is 0 Å². The van der Waals surface area contributed by atoms with Gasteiger partial charge >= 0.3 is 5.97 Å². The molecule has 0 saturated carbocycles. The Morgan fingerprint density at radius 1 is 1.08 bits per heavy atom. The fourth-order valence-corrected chi connectivity index (χ4v) is 3.52. The van der Waals surface area contributed by atoms with Crippen molar-refractivity contribution in [2.45, 2.75) is 38.5 Å². The lowest BCUT2D eigenvalue weighted by atomic mass is 9.91. The van der Waals surface area contributed by atoms with Crippen LogP contribution in [0.25, 0.3) is 11.8 Å². The van der Waals surface area contributed by atoms with Crippen LogP contribution in [0.2, 0.25) is 0 Å². The normalized spacial score (nSPS) is 16.1. The molecule has 2 aliphatic carbocycles. The standard InChI is InChI=1S/C21H21NO3/c23-20(14-13-15-7-2-1-3-8-15)25-22-17-10-6-12-19-21(17)16-9-4-5-11-18(16)24-19/h1-3,7-8,10,13-14,22H,4-6,9,11-12H2. The van der Waals surface area contributed by atoms with E-state index in [4.69, 9.17) is 9.25 Å². The van der Waals surface area contributed by atoms with Gasteiger partial charge in [-0.15, -0.1) is 0 Å². The first-order chi connectivity index (χ1) is 12.3. The van der Waals surface area contributed by atoms with Crippen molar-refractivity contribution in [1.29, 1.82) is 0 Å². The Morgan fingerprint density at radius 3 is 2.80 bits per heavy atom. The van der Waals surface area contributed by atoms with Crippen LogP contribution in [-0.4, -0.2) is 5.97 Å². The van der Waals surface area contributed by atoms with E-state index in [1.165, 1.54) is 24.5 Å². The van der Waals surface area contributed by atoms with Crippen molar-refractivity contribution in [3.63, 3.8) is 0 Å². The molecule has 0 bridgehead atoms. The maximum Gasteiger partial charge on any atom is 0.355 e. The van der Waals surface area contributed by atoms with E-state index in [9.17, 15) is 4.79 Å². The van der Waals surface area contributed by atoms with Gasteiger partial charge in [-0.3, -0.25) is 0 Å². The molecule has 1 N–H and O–H groups in total. The third kappa shape index (κ3) is 3.38. The number of rotatable bonds is 4. The number of hydrogen-bond donors (Lipinski definition) is 1. The number of furan rings is 1. The average Bonchev–Trinajstić information content (AvgIpc) is 3.04. The minimum Gasteiger partial charge on any atom is -0.465 e. The van der Waals surface area contributed by atoms with Crippen molar-refractivity contribution in [1.82, 2.24) is 5.48 Å². The van der Waals surface area contributed by atoms with Gasteiger partial charge in [-0.05, 0) is 37.3 Å². The highest BCUT2D eigenvalue weighted by Gasteiger charge is 2.27. The third-order valence-corrected chi connectivity index (χ3v) is 4.71. The number of benzene rings is 1. The molecule has 0 saturated heterocycles. The van der Waals surface area contributed by atoms with E-state index in [0.717, 1.165) is 54.0 Å². The third-order valence-electron chi connectivity index (χ3n) is 4.71. The molecule has 25 heavy (non-hydrogen) atoms. The van der Waals surface area contributed by atoms with Gasteiger partial charge < -0.3 is 9.25 Å². The van der Waals surface area contributed by atoms with Crippen molar-refractivity contribution in [2.75, 3.05) is 0 Å². The Bertz CT molecular complexity index is 830. The van der Waals surface area contributed by atoms with Crippen molar-refractivity contribution in [3.05, 3.63) is 70.7 Å². The number of fused-ring (bicyclic) bond motifs is 3. The van der Waals surface area contributed by atoms with Crippen molar-refractivity contribution in [3.8, 4) is 0 Å². The SMILES string of the molecule is O=C(C=Cc1ccccc1)ONC1=CCCc2oc3c(c21)CCCC3. The molecule has 0 aliphatic heterocycles. The fraction of sp³-hybridized carbons (Fsp3) is 0.286.